The Hall–Kier alpha value is -0.820. The number of morpholine rings is 1. The van der Waals surface area contributed by atoms with Crippen molar-refractivity contribution in [2.75, 3.05) is 26.8 Å². The van der Waals surface area contributed by atoms with Crippen molar-refractivity contribution in [3.05, 3.63) is 27.3 Å². The number of carbonyl (C=O) groups is 1. The number of halogens is 1. The molecule has 1 aliphatic heterocycles. The molecule has 0 unspecified atom stereocenters. The van der Waals surface area contributed by atoms with E-state index in [9.17, 15) is 4.79 Å². The Morgan fingerprint density at radius 1 is 1.56 bits per heavy atom. The molecule has 0 spiro atoms. The lowest BCUT2D eigenvalue weighted by molar-refractivity contribution is -0.0125. The van der Waals surface area contributed by atoms with Crippen LogP contribution in [0.4, 0.5) is 0 Å². The molecule has 1 saturated heterocycles. The third kappa shape index (κ3) is 2.77. The molecule has 0 radical (unpaired) electrons. The first kappa shape index (κ1) is 13.6. The smallest absolute Gasteiger partial charge is 0.258 e. The van der Waals surface area contributed by atoms with E-state index in [0.717, 1.165) is 3.57 Å². The van der Waals surface area contributed by atoms with Gasteiger partial charge in [0.2, 0.25) is 0 Å². The average molecular weight is 361 g/mol. The van der Waals surface area contributed by atoms with Crippen molar-refractivity contribution in [2.24, 2.45) is 0 Å². The Bertz CT molecular complexity index is 450. The van der Waals surface area contributed by atoms with Crippen LogP contribution >= 0.6 is 22.6 Å². The van der Waals surface area contributed by atoms with E-state index in [4.69, 9.17) is 9.47 Å². The Balaban J connectivity index is 2.28. The van der Waals surface area contributed by atoms with Gasteiger partial charge in [0.05, 0.1) is 25.4 Å². The van der Waals surface area contributed by atoms with Crippen LogP contribution in [0.5, 0.6) is 5.75 Å². The summed E-state index contributed by atoms with van der Waals surface area (Å²) in [7, 11) is 1.59. The molecule has 0 aliphatic carbocycles. The van der Waals surface area contributed by atoms with Gasteiger partial charge in [-0.2, -0.15) is 0 Å². The number of nitrogens with zero attached hydrogens (tertiary/aromatic N) is 1. The molecular formula is C13H16INO3. The Morgan fingerprint density at radius 3 is 3.00 bits per heavy atom. The van der Waals surface area contributed by atoms with E-state index in [2.05, 4.69) is 22.6 Å². The van der Waals surface area contributed by atoms with Gasteiger partial charge in [0.1, 0.15) is 5.75 Å². The molecule has 1 aromatic rings. The highest BCUT2D eigenvalue weighted by Crippen LogP contribution is 2.25. The van der Waals surface area contributed by atoms with Gasteiger partial charge < -0.3 is 14.4 Å². The molecule has 0 N–H and O–H groups in total. The summed E-state index contributed by atoms with van der Waals surface area (Å²) < 4.78 is 11.6. The maximum Gasteiger partial charge on any atom is 0.258 e. The predicted molar refractivity (Wildman–Crippen MR) is 77.0 cm³/mol. The Kier molecular flexibility index (Phi) is 4.45. The average Bonchev–Trinajstić information content (AvgIpc) is 2.37. The van der Waals surface area contributed by atoms with Crippen LogP contribution in [0.15, 0.2) is 18.2 Å². The number of hydrogen-bond acceptors (Lipinski definition) is 3. The summed E-state index contributed by atoms with van der Waals surface area (Å²) in [6, 6.07) is 5.62. The number of carbonyl (C=O) groups excluding carboxylic acids is 1. The monoisotopic (exact) mass is 361 g/mol. The summed E-state index contributed by atoms with van der Waals surface area (Å²) in [5.41, 5.74) is 0.648. The molecule has 0 aromatic heterocycles. The minimum absolute atomic E-state index is 0.0204. The van der Waals surface area contributed by atoms with Gasteiger partial charge in [-0.05, 0) is 41.6 Å². The van der Waals surface area contributed by atoms with Gasteiger partial charge in [0.25, 0.3) is 5.91 Å². The van der Waals surface area contributed by atoms with Crippen molar-refractivity contribution in [2.45, 2.75) is 13.0 Å². The summed E-state index contributed by atoms with van der Waals surface area (Å²) in [5.74, 6) is 0.651. The molecule has 1 fully saturated rings. The van der Waals surface area contributed by atoms with Crippen LogP contribution in [0.1, 0.15) is 17.3 Å². The van der Waals surface area contributed by atoms with E-state index < -0.39 is 0 Å². The fourth-order valence-corrected chi connectivity index (χ4v) is 2.75. The van der Waals surface area contributed by atoms with Crippen LogP contribution in [0.2, 0.25) is 0 Å². The van der Waals surface area contributed by atoms with Gasteiger partial charge in [0, 0.05) is 16.7 Å². The van der Waals surface area contributed by atoms with Crippen LogP contribution < -0.4 is 4.74 Å². The normalized spacial score (nSPS) is 19.7. The fraction of sp³-hybridized carbons (Fsp3) is 0.462. The lowest BCUT2D eigenvalue weighted by Crippen LogP contribution is -2.44. The Morgan fingerprint density at radius 2 is 2.33 bits per heavy atom. The highest BCUT2D eigenvalue weighted by Gasteiger charge is 2.26. The van der Waals surface area contributed by atoms with Gasteiger partial charge in [0.15, 0.2) is 0 Å². The van der Waals surface area contributed by atoms with E-state index in [-0.39, 0.29) is 12.0 Å². The van der Waals surface area contributed by atoms with Gasteiger partial charge in [-0.25, -0.2) is 0 Å². The largest absolute Gasteiger partial charge is 0.496 e. The van der Waals surface area contributed by atoms with E-state index in [1.165, 1.54) is 0 Å². The SMILES string of the molecule is COc1cccc(I)c1C(=O)N1CCO[C@@H](C)C1. The molecule has 98 valence electrons. The zero-order valence-electron chi connectivity index (χ0n) is 10.5. The predicted octanol–water partition coefficient (Wildman–Crippen LogP) is 2.16. The lowest BCUT2D eigenvalue weighted by Gasteiger charge is -2.31. The second kappa shape index (κ2) is 5.88. The van der Waals surface area contributed by atoms with Crippen LogP contribution in [-0.4, -0.2) is 43.7 Å². The van der Waals surface area contributed by atoms with E-state index in [1.807, 2.05) is 30.0 Å². The fourth-order valence-electron chi connectivity index (χ4n) is 2.04. The first-order chi connectivity index (χ1) is 8.63. The number of rotatable bonds is 2. The van der Waals surface area contributed by atoms with Crippen LogP contribution in [0.3, 0.4) is 0 Å². The molecule has 2 rings (SSSR count). The zero-order valence-corrected chi connectivity index (χ0v) is 12.6. The maximum atomic E-state index is 12.5. The number of ether oxygens (including phenoxy) is 2. The quantitative estimate of drug-likeness (QED) is 0.758. The summed E-state index contributed by atoms with van der Waals surface area (Å²) in [5, 5.41) is 0. The van der Waals surface area contributed by atoms with Crippen LogP contribution in [0, 0.1) is 3.57 Å². The molecule has 1 heterocycles. The summed E-state index contributed by atoms with van der Waals surface area (Å²) >= 11 is 2.17. The standard InChI is InChI=1S/C13H16INO3/c1-9-8-15(6-7-18-9)13(16)12-10(14)4-3-5-11(12)17-2/h3-5,9H,6-8H2,1-2H3/t9-/m0/s1. The minimum atomic E-state index is 0.0204. The third-order valence-electron chi connectivity index (χ3n) is 2.94. The lowest BCUT2D eigenvalue weighted by atomic mass is 10.1. The Labute approximate surface area is 120 Å². The van der Waals surface area contributed by atoms with Crippen LogP contribution in [0.25, 0.3) is 0 Å². The molecular weight excluding hydrogens is 345 g/mol. The third-order valence-corrected chi connectivity index (χ3v) is 3.84. The van der Waals surface area contributed by atoms with Gasteiger partial charge in [-0.15, -0.1) is 0 Å². The number of benzene rings is 1. The molecule has 18 heavy (non-hydrogen) atoms. The molecule has 1 aliphatic rings. The van der Waals surface area contributed by atoms with Crippen molar-refractivity contribution in [3.63, 3.8) is 0 Å². The zero-order chi connectivity index (χ0) is 13.1. The summed E-state index contributed by atoms with van der Waals surface area (Å²) in [6.07, 6.45) is 0.0927. The summed E-state index contributed by atoms with van der Waals surface area (Å²) in [6.45, 7) is 3.84. The molecule has 1 atom stereocenters. The van der Waals surface area contributed by atoms with E-state index >= 15 is 0 Å². The first-order valence-corrected chi connectivity index (χ1v) is 6.94. The highest BCUT2D eigenvalue weighted by molar-refractivity contribution is 14.1. The molecule has 0 saturated carbocycles. The number of hydrogen-bond donors (Lipinski definition) is 0. The van der Waals surface area contributed by atoms with E-state index in [0.29, 0.717) is 31.0 Å². The van der Waals surface area contributed by atoms with Crippen molar-refractivity contribution in [1.82, 2.24) is 4.90 Å². The van der Waals surface area contributed by atoms with Crippen molar-refractivity contribution in [1.29, 1.82) is 0 Å². The molecule has 0 bridgehead atoms. The number of amides is 1. The van der Waals surface area contributed by atoms with E-state index in [1.54, 1.807) is 7.11 Å². The topological polar surface area (TPSA) is 38.8 Å². The minimum Gasteiger partial charge on any atom is -0.496 e. The van der Waals surface area contributed by atoms with Crippen molar-refractivity contribution >= 4 is 28.5 Å². The second-order valence-corrected chi connectivity index (χ2v) is 5.41. The maximum absolute atomic E-state index is 12.5. The molecule has 4 nitrogen and oxygen atoms in total. The molecule has 1 amide bonds. The van der Waals surface area contributed by atoms with Gasteiger partial charge >= 0.3 is 0 Å². The second-order valence-electron chi connectivity index (χ2n) is 4.25. The van der Waals surface area contributed by atoms with Crippen LogP contribution in [-0.2, 0) is 4.74 Å². The summed E-state index contributed by atoms with van der Waals surface area (Å²) in [4.78, 5) is 14.4. The van der Waals surface area contributed by atoms with Gasteiger partial charge in [-0.1, -0.05) is 6.07 Å². The first-order valence-electron chi connectivity index (χ1n) is 5.87. The highest BCUT2D eigenvalue weighted by atomic mass is 127. The van der Waals surface area contributed by atoms with Crippen molar-refractivity contribution in [3.8, 4) is 5.75 Å². The number of methoxy groups -OCH3 is 1. The van der Waals surface area contributed by atoms with Crippen molar-refractivity contribution < 1.29 is 14.3 Å². The molecule has 5 heteroatoms. The van der Waals surface area contributed by atoms with Gasteiger partial charge in [-0.3, -0.25) is 4.79 Å². The molecule has 1 aromatic carbocycles.